The van der Waals surface area contributed by atoms with Gasteiger partial charge in [0, 0.05) is 16.8 Å². The molecule has 0 radical (unpaired) electrons. The van der Waals surface area contributed by atoms with E-state index in [1.54, 1.807) is 11.3 Å². The van der Waals surface area contributed by atoms with Gasteiger partial charge < -0.3 is 5.32 Å². The molecule has 2 rings (SSSR count). The number of thiophene rings is 1. The zero-order valence-corrected chi connectivity index (χ0v) is 11.8. The van der Waals surface area contributed by atoms with Crippen LogP contribution in [0.3, 0.4) is 0 Å². The molecule has 1 heterocycles. The second kappa shape index (κ2) is 5.40. The normalized spacial score (nSPS) is 17.6. The number of hydrogen-bond donors (Lipinski definition) is 1. The van der Waals surface area contributed by atoms with Crippen LogP contribution in [0.25, 0.3) is 0 Å². The van der Waals surface area contributed by atoms with E-state index in [1.165, 1.54) is 16.9 Å². The van der Waals surface area contributed by atoms with Crippen LogP contribution in [-0.2, 0) is 12.8 Å². The topological polar surface area (TPSA) is 29.1 Å². The lowest BCUT2D eigenvalue weighted by atomic mass is 10.1. The molecule has 2 nitrogen and oxygen atoms in total. The van der Waals surface area contributed by atoms with E-state index in [4.69, 9.17) is 11.6 Å². The zero-order valence-electron chi connectivity index (χ0n) is 10.3. The van der Waals surface area contributed by atoms with Crippen LogP contribution < -0.4 is 5.32 Å². The van der Waals surface area contributed by atoms with Gasteiger partial charge in [-0.1, -0.05) is 6.92 Å². The summed E-state index contributed by atoms with van der Waals surface area (Å²) in [6.07, 6.45) is 3.51. The summed E-state index contributed by atoms with van der Waals surface area (Å²) >= 11 is 7.43. The Hall–Kier alpha value is -0.540. The molecule has 1 aliphatic rings. The Labute approximate surface area is 111 Å². The van der Waals surface area contributed by atoms with E-state index < -0.39 is 0 Å². The van der Waals surface area contributed by atoms with Gasteiger partial charge in [0.1, 0.15) is 0 Å². The first kappa shape index (κ1) is 12.9. The number of hydrogen-bond acceptors (Lipinski definition) is 2. The van der Waals surface area contributed by atoms with E-state index in [9.17, 15) is 4.79 Å². The monoisotopic (exact) mass is 271 g/mol. The maximum atomic E-state index is 12.0. The summed E-state index contributed by atoms with van der Waals surface area (Å²) in [7, 11) is 0. The summed E-state index contributed by atoms with van der Waals surface area (Å²) < 4.78 is 0. The lowest BCUT2D eigenvalue weighted by Gasteiger charge is -2.18. The van der Waals surface area contributed by atoms with Gasteiger partial charge in [0.25, 0.3) is 5.91 Å². The van der Waals surface area contributed by atoms with Gasteiger partial charge in [-0.25, -0.2) is 0 Å². The molecule has 0 saturated carbocycles. The third-order valence-electron chi connectivity index (χ3n) is 3.43. The van der Waals surface area contributed by atoms with Gasteiger partial charge in [-0.05, 0) is 43.7 Å². The molecule has 0 fully saturated rings. The lowest BCUT2D eigenvalue weighted by molar-refractivity contribution is 0.0935. The van der Waals surface area contributed by atoms with Crippen molar-refractivity contribution in [1.82, 2.24) is 5.32 Å². The number of aryl methyl sites for hydroxylation is 2. The highest BCUT2D eigenvalue weighted by Crippen LogP contribution is 2.30. The summed E-state index contributed by atoms with van der Waals surface area (Å²) in [6.45, 7) is 4.05. The van der Waals surface area contributed by atoms with Gasteiger partial charge in [0.15, 0.2) is 0 Å². The van der Waals surface area contributed by atoms with E-state index in [1.807, 2.05) is 13.8 Å². The third-order valence-corrected chi connectivity index (χ3v) is 5.15. The molecule has 0 saturated heterocycles. The van der Waals surface area contributed by atoms with E-state index >= 15 is 0 Å². The van der Waals surface area contributed by atoms with Crippen molar-refractivity contribution in [1.29, 1.82) is 0 Å². The number of nitrogens with one attached hydrogen (secondary N) is 1. The highest BCUT2D eigenvalue weighted by atomic mass is 35.5. The van der Waals surface area contributed by atoms with Crippen molar-refractivity contribution in [3.8, 4) is 0 Å². The molecule has 1 N–H and O–H groups in total. The average Bonchev–Trinajstić information content (AvgIpc) is 2.87. The molecule has 0 aliphatic heterocycles. The first-order chi connectivity index (χ1) is 8.11. The van der Waals surface area contributed by atoms with Crippen molar-refractivity contribution >= 4 is 28.8 Å². The molecule has 0 bridgehead atoms. The number of carbonyl (C=O) groups is 1. The Balaban J connectivity index is 2.00. The van der Waals surface area contributed by atoms with E-state index in [0.717, 1.165) is 17.7 Å². The highest BCUT2D eigenvalue weighted by Gasteiger charge is 2.20. The highest BCUT2D eigenvalue weighted by molar-refractivity contribution is 7.14. The van der Waals surface area contributed by atoms with Crippen molar-refractivity contribution in [3.05, 3.63) is 21.4 Å². The van der Waals surface area contributed by atoms with Gasteiger partial charge in [-0.2, -0.15) is 0 Å². The Bertz CT molecular complexity index is 394. The summed E-state index contributed by atoms with van der Waals surface area (Å²) in [6, 6.07) is 2.18. The Morgan fingerprint density at radius 3 is 2.94 bits per heavy atom. The number of rotatable bonds is 4. The minimum atomic E-state index is 0.0499. The van der Waals surface area contributed by atoms with Crippen molar-refractivity contribution in [2.24, 2.45) is 5.92 Å². The van der Waals surface area contributed by atoms with Crippen LogP contribution in [-0.4, -0.2) is 17.8 Å². The van der Waals surface area contributed by atoms with Crippen LogP contribution in [0.15, 0.2) is 6.07 Å². The number of carbonyl (C=O) groups excluding carboxylic acids is 1. The van der Waals surface area contributed by atoms with Gasteiger partial charge in [0.05, 0.1) is 4.88 Å². The lowest BCUT2D eigenvalue weighted by Crippen LogP contribution is -2.37. The maximum absolute atomic E-state index is 12.0. The average molecular weight is 272 g/mol. The standard InChI is InChI=1S/C13H18ClNOS/c1-8(7-14)9(2)15-13(16)12-6-10-4-3-5-11(10)17-12/h6,8-9H,3-5,7H2,1-2H3,(H,15,16). The molecule has 1 aromatic heterocycles. The van der Waals surface area contributed by atoms with E-state index in [0.29, 0.717) is 11.8 Å². The van der Waals surface area contributed by atoms with E-state index in [-0.39, 0.29) is 11.9 Å². The minimum Gasteiger partial charge on any atom is -0.349 e. The minimum absolute atomic E-state index is 0.0499. The van der Waals surface area contributed by atoms with E-state index in [2.05, 4.69) is 11.4 Å². The van der Waals surface area contributed by atoms with Crippen LogP contribution in [0.1, 0.15) is 40.4 Å². The summed E-state index contributed by atoms with van der Waals surface area (Å²) in [5, 5.41) is 3.02. The first-order valence-electron chi connectivity index (χ1n) is 6.10. The van der Waals surface area contributed by atoms with Crippen molar-refractivity contribution < 1.29 is 4.79 Å². The zero-order chi connectivity index (χ0) is 12.4. The van der Waals surface area contributed by atoms with Crippen molar-refractivity contribution in [2.75, 3.05) is 5.88 Å². The fraction of sp³-hybridized carbons (Fsp3) is 0.615. The van der Waals surface area contributed by atoms with Gasteiger partial charge in [0.2, 0.25) is 0 Å². The molecule has 17 heavy (non-hydrogen) atoms. The van der Waals surface area contributed by atoms with Crippen LogP contribution in [0.2, 0.25) is 0 Å². The molecular weight excluding hydrogens is 254 g/mol. The molecule has 0 aromatic carbocycles. The molecule has 1 amide bonds. The van der Waals surface area contributed by atoms with Crippen molar-refractivity contribution in [3.63, 3.8) is 0 Å². The predicted molar refractivity (Wildman–Crippen MR) is 73.2 cm³/mol. The van der Waals surface area contributed by atoms with Crippen molar-refractivity contribution in [2.45, 2.75) is 39.2 Å². The Morgan fingerprint density at radius 2 is 2.29 bits per heavy atom. The Morgan fingerprint density at radius 1 is 1.53 bits per heavy atom. The quantitative estimate of drug-likeness (QED) is 0.837. The Kier molecular flexibility index (Phi) is 4.10. The second-order valence-corrected chi connectivity index (χ2v) is 6.25. The molecule has 1 aliphatic carbocycles. The largest absolute Gasteiger partial charge is 0.349 e. The van der Waals surface area contributed by atoms with Gasteiger partial charge in [-0.3, -0.25) is 4.79 Å². The molecule has 94 valence electrons. The summed E-state index contributed by atoms with van der Waals surface area (Å²) in [4.78, 5) is 14.3. The molecule has 0 spiro atoms. The van der Waals surface area contributed by atoms with Crippen LogP contribution in [0.4, 0.5) is 0 Å². The summed E-state index contributed by atoms with van der Waals surface area (Å²) in [5.41, 5.74) is 1.37. The fourth-order valence-electron chi connectivity index (χ4n) is 1.99. The predicted octanol–water partition coefficient (Wildman–Crippen LogP) is 3.23. The summed E-state index contributed by atoms with van der Waals surface area (Å²) in [5.74, 6) is 0.920. The maximum Gasteiger partial charge on any atom is 0.261 e. The fourth-order valence-corrected chi connectivity index (χ4v) is 3.42. The van der Waals surface area contributed by atoms with Gasteiger partial charge >= 0.3 is 0 Å². The van der Waals surface area contributed by atoms with Crippen LogP contribution in [0.5, 0.6) is 0 Å². The SMILES string of the molecule is CC(CCl)C(C)NC(=O)c1cc2c(s1)CCC2. The first-order valence-corrected chi connectivity index (χ1v) is 7.45. The second-order valence-electron chi connectivity index (χ2n) is 4.81. The molecular formula is C13H18ClNOS. The smallest absolute Gasteiger partial charge is 0.261 e. The third kappa shape index (κ3) is 2.83. The van der Waals surface area contributed by atoms with Gasteiger partial charge in [-0.15, -0.1) is 22.9 Å². The molecule has 2 atom stereocenters. The van der Waals surface area contributed by atoms with Crippen LogP contribution >= 0.6 is 22.9 Å². The number of fused-ring (bicyclic) bond motifs is 1. The number of amides is 1. The molecule has 1 aromatic rings. The molecule has 4 heteroatoms. The van der Waals surface area contributed by atoms with Crippen LogP contribution in [0, 0.1) is 5.92 Å². The number of alkyl halides is 1. The molecule has 2 unspecified atom stereocenters. The number of halogens is 1.